The van der Waals surface area contributed by atoms with E-state index in [0.29, 0.717) is 0 Å². The van der Waals surface area contributed by atoms with E-state index >= 15 is 0 Å². The highest BCUT2D eigenvalue weighted by Crippen LogP contribution is 2.37. The van der Waals surface area contributed by atoms with Crippen molar-refractivity contribution >= 4 is 19.9 Å². The molecule has 0 spiro atoms. The zero-order valence-electron chi connectivity index (χ0n) is 11.9. The molecule has 3 heteroatoms. The lowest BCUT2D eigenvalue weighted by Crippen LogP contribution is -2.25. The highest BCUT2D eigenvalue weighted by Gasteiger charge is 2.28. The Morgan fingerprint density at radius 1 is 1.17 bits per heavy atom. The van der Waals surface area contributed by atoms with Crippen LogP contribution >= 0.6 is 0 Å². The van der Waals surface area contributed by atoms with Gasteiger partial charge >= 0.3 is 0 Å². The van der Waals surface area contributed by atoms with E-state index in [1.165, 1.54) is 16.5 Å². The fraction of sp³-hybridized carbons (Fsp3) is 0.467. The molecule has 2 aromatic rings. The number of H-pyrrole nitrogens is 1. The largest absolute Gasteiger partial charge is 0.410 e. The van der Waals surface area contributed by atoms with Crippen molar-refractivity contribution in [3.8, 4) is 0 Å². The first-order chi connectivity index (χ1) is 8.38. The van der Waals surface area contributed by atoms with Gasteiger partial charge in [0.25, 0.3) is 0 Å². The van der Waals surface area contributed by atoms with Gasteiger partial charge in [-0.05, 0) is 41.6 Å². The fourth-order valence-electron chi connectivity index (χ4n) is 2.21. The van der Waals surface area contributed by atoms with E-state index in [9.17, 15) is 0 Å². The third-order valence-electron chi connectivity index (χ3n) is 3.02. The second kappa shape index (κ2) is 4.90. The van der Waals surface area contributed by atoms with Crippen LogP contribution in [0.4, 0.5) is 0 Å². The van der Waals surface area contributed by atoms with Gasteiger partial charge in [0.2, 0.25) is 9.04 Å². The van der Waals surface area contributed by atoms with E-state index in [-0.39, 0.29) is 11.5 Å². The van der Waals surface area contributed by atoms with Crippen LogP contribution in [-0.4, -0.2) is 14.0 Å². The van der Waals surface area contributed by atoms with Crippen LogP contribution in [0.2, 0.25) is 13.1 Å². The lowest BCUT2D eigenvalue weighted by molar-refractivity contribution is 0.0867. The predicted octanol–water partition coefficient (Wildman–Crippen LogP) is 4.52. The van der Waals surface area contributed by atoms with Gasteiger partial charge in [0.1, 0.15) is 0 Å². The van der Waals surface area contributed by atoms with Gasteiger partial charge in [-0.2, -0.15) is 0 Å². The van der Waals surface area contributed by atoms with Crippen molar-refractivity contribution < 1.29 is 4.43 Å². The predicted molar refractivity (Wildman–Crippen MR) is 79.1 cm³/mol. The SMILES string of the molecule is C[Si](C)OC(c1ccc2cc[nH]c2c1)C(C)(C)C. The van der Waals surface area contributed by atoms with Crippen LogP contribution in [0.1, 0.15) is 32.4 Å². The molecule has 1 N–H and O–H groups in total. The Kier molecular flexibility index (Phi) is 3.64. The molecule has 0 aliphatic carbocycles. The quantitative estimate of drug-likeness (QED) is 0.806. The van der Waals surface area contributed by atoms with Gasteiger partial charge in [0, 0.05) is 11.7 Å². The minimum Gasteiger partial charge on any atom is -0.410 e. The number of rotatable bonds is 3. The second-order valence-corrected chi connectivity index (χ2v) is 8.15. The number of benzene rings is 1. The molecule has 1 aromatic heterocycles. The van der Waals surface area contributed by atoms with Crippen molar-refractivity contribution in [3.63, 3.8) is 0 Å². The smallest absolute Gasteiger partial charge is 0.205 e. The molecule has 0 bridgehead atoms. The van der Waals surface area contributed by atoms with Gasteiger partial charge < -0.3 is 9.41 Å². The molecule has 1 atom stereocenters. The van der Waals surface area contributed by atoms with Gasteiger partial charge in [0.05, 0.1) is 6.10 Å². The molecular formula is C15H22NOSi. The number of aromatic nitrogens is 1. The number of nitrogens with one attached hydrogen (secondary N) is 1. The Morgan fingerprint density at radius 2 is 1.89 bits per heavy atom. The third-order valence-corrected chi connectivity index (χ3v) is 3.73. The summed E-state index contributed by atoms with van der Waals surface area (Å²) in [5, 5.41) is 1.25. The molecule has 1 aromatic carbocycles. The fourth-order valence-corrected chi connectivity index (χ4v) is 3.17. The highest BCUT2D eigenvalue weighted by atomic mass is 28.3. The maximum absolute atomic E-state index is 6.21. The molecule has 0 aliphatic rings. The molecule has 2 rings (SSSR count). The van der Waals surface area contributed by atoms with Gasteiger partial charge in [0.15, 0.2) is 0 Å². The molecule has 97 valence electrons. The highest BCUT2D eigenvalue weighted by molar-refractivity contribution is 6.48. The maximum Gasteiger partial charge on any atom is 0.205 e. The van der Waals surface area contributed by atoms with Gasteiger partial charge in [-0.3, -0.25) is 0 Å². The Labute approximate surface area is 111 Å². The van der Waals surface area contributed by atoms with Crippen LogP contribution < -0.4 is 0 Å². The molecule has 18 heavy (non-hydrogen) atoms. The summed E-state index contributed by atoms with van der Waals surface area (Å²) >= 11 is 0. The Bertz CT molecular complexity index is 525. The molecule has 1 heterocycles. The van der Waals surface area contributed by atoms with Crippen molar-refractivity contribution in [2.75, 3.05) is 0 Å². The lowest BCUT2D eigenvalue weighted by atomic mass is 9.84. The van der Waals surface area contributed by atoms with Gasteiger partial charge in [-0.1, -0.05) is 32.9 Å². The van der Waals surface area contributed by atoms with E-state index in [0.717, 1.165) is 0 Å². The zero-order valence-corrected chi connectivity index (χ0v) is 12.9. The van der Waals surface area contributed by atoms with Crippen molar-refractivity contribution in [2.24, 2.45) is 5.41 Å². The number of hydrogen-bond acceptors (Lipinski definition) is 1. The summed E-state index contributed by atoms with van der Waals surface area (Å²) in [6.07, 6.45) is 2.14. The maximum atomic E-state index is 6.21. The van der Waals surface area contributed by atoms with Crippen molar-refractivity contribution in [1.82, 2.24) is 4.98 Å². The minimum absolute atomic E-state index is 0.113. The minimum atomic E-state index is -0.712. The molecule has 0 aliphatic heterocycles. The average Bonchev–Trinajstić information content (AvgIpc) is 2.70. The van der Waals surface area contributed by atoms with Crippen molar-refractivity contribution in [3.05, 3.63) is 36.0 Å². The molecule has 2 nitrogen and oxygen atoms in total. The van der Waals surface area contributed by atoms with E-state index in [4.69, 9.17) is 4.43 Å². The van der Waals surface area contributed by atoms with Crippen LogP contribution in [0.5, 0.6) is 0 Å². The van der Waals surface area contributed by atoms with Crippen molar-refractivity contribution in [1.29, 1.82) is 0 Å². The molecule has 1 unspecified atom stereocenters. The first-order valence-electron chi connectivity index (χ1n) is 6.42. The first-order valence-corrected chi connectivity index (χ1v) is 8.82. The third kappa shape index (κ3) is 2.84. The standard InChI is InChI=1S/C15H22NOSi/c1-15(2,3)14(17-18(4)5)12-7-6-11-8-9-16-13(11)10-12/h6-10,14,16H,1-5H3. The average molecular weight is 260 g/mol. The summed E-state index contributed by atoms with van der Waals surface area (Å²) in [5.41, 5.74) is 2.57. The van der Waals surface area contributed by atoms with E-state index < -0.39 is 9.04 Å². The summed E-state index contributed by atoms with van der Waals surface area (Å²) in [4.78, 5) is 3.27. The molecule has 0 saturated carbocycles. The van der Waals surface area contributed by atoms with E-state index in [1.54, 1.807) is 0 Å². The number of fused-ring (bicyclic) bond motifs is 1. The van der Waals surface area contributed by atoms with Crippen LogP contribution in [0.15, 0.2) is 30.5 Å². The summed E-state index contributed by atoms with van der Waals surface area (Å²) in [7, 11) is -0.712. The summed E-state index contributed by atoms with van der Waals surface area (Å²) in [6.45, 7) is 11.1. The van der Waals surface area contributed by atoms with Crippen LogP contribution in [0, 0.1) is 5.41 Å². The zero-order chi connectivity index (χ0) is 13.3. The second-order valence-electron chi connectivity index (χ2n) is 6.10. The van der Waals surface area contributed by atoms with Crippen molar-refractivity contribution in [2.45, 2.75) is 40.0 Å². The molecule has 0 fully saturated rings. The number of hydrogen-bond donors (Lipinski definition) is 1. The molecular weight excluding hydrogens is 238 g/mol. The number of aromatic amines is 1. The molecule has 0 amide bonds. The Balaban J connectivity index is 2.40. The summed E-state index contributed by atoms with van der Waals surface area (Å²) in [5.74, 6) is 0. The monoisotopic (exact) mass is 260 g/mol. The topological polar surface area (TPSA) is 25.0 Å². The van der Waals surface area contributed by atoms with E-state index in [2.05, 4.69) is 63.1 Å². The normalized spacial score (nSPS) is 14.3. The lowest BCUT2D eigenvalue weighted by Gasteiger charge is -2.32. The van der Waals surface area contributed by atoms with E-state index in [1.807, 2.05) is 6.20 Å². The van der Waals surface area contributed by atoms with Crippen LogP contribution in [0.3, 0.4) is 0 Å². The summed E-state index contributed by atoms with van der Waals surface area (Å²) in [6, 6.07) is 8.68. The van der Waals surface area contributed by atoms with Crippen LogP contribution in [-0.2, 0) is 4.43 Å². The first kappa shape index (κ1) is 13.4. The van der Waals surface area contributed by atoms with Gasteiger partial charge in [-0.15, -0.1) is 0 Å². The summed E-state index contributed by atoms with van der Waals surface area (Å²) < 4.78 is 6.21. The Hall–Kier alpha value is -1.06. The molecule has 0 saturated heterocycles. The Morgan fingerprint density at radius 3 is 2.50 bits per heavy atom. The molecule has 1 radical (unpaired) electrons. The van der Waals surface area contributed by atoms with Crippen LogP contribution in [0.25, 0.3) is 10.9 Å². The van der Waals surface area contributed by atoms with Gasteiger partial charge in [-0.25, -0.2) is 0 Å².